The van der Waals surface area contributed by atoms with Gasteiger partial charge in [0.05, 0.1) is 23.8 Å². The molecule has 0 amide bonds. The molecule has 1 aromatic heterocycles. The van der Waals surface area contributed by atoms with Crippen molar-refractivity contribution in [1.29, 1.82) is 0 Å². The van der Waals surface area contributed by atoms with Crippen molar-refractivity contribution in [2.75, 3.05) is 5.32 Å². The molecule has 1 aliphatic carbocycles. The fraction of sp³-hybridized carbons (Fsp3) is 0.500. The normalized spacial score (nSPS) is 24.1. The summed E-state index contributed by atoms with van der Waals surface area (Å²) in [6, 6.07) is 3.62. The van der Waals surface area contributed by atoms with E-state index < -0.39 is 5.92 Å². The number of hydrogen-bond donors (Lipinski definition) is 1. The van der Waals surface area contributed by atoms with Crippen LogP contribution >= 0.6 is 0 Å². The molecule has 2 unspecified atom stereocenters. The molecule has 4 heteroatoms. The maximum absolute atomic E-state index is 12.0. The summed E-state index contributed by atoms with van der Waals surface area (Å²) < 4.78 is 0. The number of anilines is 1. The lowest BCUT2D eigenvalue weighted by Gasteiger charge is -2.26. The van der Waals surface area contributed by atoms with Gasteiger partial charge in [-0.15, -0.1) is 0 Å². The first-order chi connectivity index (χ1) is 8.61. The van der Waals surface area contributed by atoms with E-state index in [4.69, 9.17) is 0 Å². The number of rotatable bonds is 3. The third-order valence-electron chi connectivity index (χ3n) is 3.46. The van der Waals surface area contributed by atoms with Gasteiger partial charge in [0.15, 0.2) is 5.78 Å². The zero-order valence-corrected chi connectivity index (χ0v) is 10.8. The van der Waals surface area contributed by atoms with E-state index in [1.54, 1.807) is 13.1 Å². The lowest BCUT2D eigenvalue weighted by Crippen LogP contribution is -2.41. The molecule has 0 bridgehead atoms. The van der Waals surface area contributed by atoms with Gasteiger partial charge in [-0.3, -0.25) is 14.6 Å². The Hall–Kier alpha value is -1.71. The topological polar surface area (TPSA) is 59.1 Å². The summed E-state index contributed by atoms with van der Waals surface area (Å²) >= 11 is 0. The predicted octanol–water partition coefficient (Wildman–Crippen LogP) is 1.99. The first kappa shape index (κ1) is 12.7. The van der Waals surface area contributed by atoms with Crippen molar-refractivity contribution in [2.24, 2.45) is 5.92 Å². The van der Waals surface area contributed by atoms with Gasteiger partial charge in [0.2, 0.25) is 0 Å². The minimum Gasteiger partial charge on any atom is -0.374 e. The molecule has 1 fully saturated rings. The molecule has 1 aromatic rings. The second kappa shape index (κ2) is 5.29. The van der Waals surface area contributed by atoms with Gasteiger partial charge in [-0.05, 0) is 31.9 Å². The molecule has 18 heavy (non-hydrogen) atoms. The highest BCUT2D eigenvalue weighted by atomic mass is 16.2. The van der Waals surface area contributed by atoms with E-state index in [1.807, 2.05) is 19.1 Å². The van der Waals surface area contributed by atoms with Gasteiger partial charge in [-0.25, -0.2) is 0 Å². The number of nitrogens with one attached hydrogen (secondary N) is 1. The average Bonchev–Trinajstić information content (AvgIpc) is 2.40. The van der Waals surface area contributed by atoms with E-state index in [0.29, 0.717) is 12.8 Å². The highest BCUT2D eigenvalue weighted by Crippen LogP contribution is 2.21. The quantitative estimate of drug-likeness (QED) is 0.829. The summed E-state index contributed by atoms with van der Waals surface area (Å²) in [5, 5.41) is 3.17. The summed E-state index contributed by atoms with van der Waals surface area (Å²) in [5.41, 5.74) is 1.87. The lowest BCUT2D eigenvalue weighted by molar-refractivity contribution is -0.135. The molecule has 2 rings (SSSR count). The zero-order valence-electron chi connectivity index (χ0n) is 10.8. The summed E-state index contributed by atoms with van der Waals surface area (Å²) in [6.45, 7) is 3.74. The zero-order chi connectivity index (χ0) is 13.1. The van der Waals surface area contributed by atoms with Crippen LogP contribution < -0.4 is 5.32 Å². The molecular formula is C14H18N2O2. The maximum Gasteiger partial charge on any atom is 0.165 e. The summed E-state index contributed by atoms with van der Waals surface area (Å²) in [7, 11) is 0. The van der Waals surface area contributed by atoms with E-state index in [2.05, 4.69) is 10.3 Å². The van der Waals surface area contributed by atoms with E-state index in [9.17, 15) is 9.59 Å². The molecule has 4 nitrogen and oxygen atoms in total. The van der Waals surface area contributed by atoms with Crippen LogP contribution in [0.25, 0.3) is 0 Å². The molecule has 0 saturated heterocycles. The third kappa shape index (κ3) is 2.58. The minimum atomic E-state index is -0.473. The van der Waals surface area contributed by atoms with Gasteiger partial charge in [-0.2, -0.15) is 0 Å². The van der Waals surface area contributed by atoms with E-state index in [-0.39, 0.29) is 17.6 Å². The molecule has 1 N–H and O–H groups in total. The summed E-state index contributed by atoms with van der Waals surface area (Å²) in [4.78, 5) is 27.7. The molecule has 0 spiro atoms. The van der Waals surface area contributed by atoms with Gasteiger partial charge in [0.25, 0.3) is 0 Å². The fourth-order valence-corrected chi connectivity index (χ4v) is 2.17. The minimum absolute atomic E-state index is 0.00850. The molecule has 1 heterocycles. The van der Waals surface area contributed by atoms with Crippen molar-refractivity contribution in [3.8, 4) is 0 Å². The molecular weight excluding hydrogens is 228 g/mol. The molecule has 0 aliphatic heterocycles. The Labute approximate surface area is 107 Å². The van der Waals surface area contributed by atoms with Gasteiger partial charge in [0, 0.05) is 12.1 Å². The third-order valence-corrected chi connectivity index (χ3v) is 3.46. The number of carbonyl (C=O) groups is 2. The largest absolute Gasteiger partial charge is 0.374 e. The molecule has 2 atom stereocenters. The first-order valence-electron chi connectivity index (χ1n) is 6.39. The summed E-state index contributed by atoms with van der Waals surface area (Å²) in [6.07, 6.45) is 3.70. The lowest BCUT2D eigenvalue weighted by atomic mass is 9.84. The second-order valence-electron chi connectivity index (χ2n) is 4.72. The number of nitrogens with zero attached hydrogens (tertiary/aromatic N) is 1. The number of ketones is 2. The van der Waals surface area contributed by atoms with Gasteiger partial charge >= 0.3 is 0 Å². The number of pyridine rings is 1. The van der Waals surface area contributed by atoms with Crippen LogP contribution in [0.4, 0.5) is 5.69 Å². The van der Waals surface area contributed by atoms with Crippen molar-refractivity contribution >= 4 is 17.3 Å². The fourth-order valence-electron chi connectivity index (χ4n) is 2.17. The Morgan fingerprint density at radius 3 is 2.78 bits per heavy atom. The Balaban J connectivity index is 2.04. The Kier molecular flexibility index (Phi) is 3.75. The van der Waals surface area contributed by atoms with Gasteiger partial charge in [-0.1, -0.05) is 6.92 Å². The second-order valence-corrected chi connectivity index (χ2v) is 4.72. The average molecular weight is 246 g/mol. The SMILES string of the molecule is CCc1ccc(NC2CCC(=O)C(C)C2=O)cn1. The van der Waals surface area contributed by atoms with Gasteiger partial charge < -0.3 is 5.32 Å². The standard InChI is InChI=1S/C14H18N2O2/c1-3-10-4-5-11(8-15-10)16-12-6-7-13(17)9(2)14(12)18/h4-5,8-9,12,16H,3,6-7H2,1-2H3. The Morgan fingerprint density at radius 2 is 2.17 bits per heavy atom. The van der Waals surface area contributed by atoms with Crippen LogP contribution in [0.1, 0.15) is 32.4 Å². The maximum atomic E-state index is 12.0. The summed E-state index contributed by atoms with van der Waals surface area (Å²) in [5.74, 6) is -0.428. The smallest absolute Gasteiger partial charge is 0.165 e. The highest BCUT2D eigenvalue weighted by molar-refractivity contribution is 6.07. The Morgan fingerprint density at radius 1 is 1.39 bits per heavy atom. The van der Waals surface area contributed by atoms with Crippen LogP contribution in [0.2, 0.25) is 0 Å². The van der Waals surface area contributed by atoms with Crippen LogP contribution in [-0.4, -0.2) is 22.6 Å². The number of carbonyl (C=O) groups excluding carboxylic acids is 2. The van der Waals surface area contributed by atoms with Crippen LogP contribution in [0.3, 0.4) is 0 Å². The first-order valence-corrected chi connectivity index (χ1v) is 6.39. The molecule has 0 aromatic carbocycles. The van der Waals surface area contributed by atoms with Crippen molar-refractivity contribution in [1.82, 2.24) is 4.98 Å². The number of Topliss-reactive ketones (excluding diaryl/α,β-unsaturated/α-hetero) is 2. The Bertz CT molecular complexity index is 453. The molecule has 1 aliphatic rings. The van der Waals surface area contributed by atoms with E-state index >= 15 is 0 Å². The molecule has 1 saturated carbocycles. The monoisotopic (exact) mass is 246 g/mol. The van der Waals surface area contributed by atoms with Crippen LogP contribution in [-0.2, 0) is 16.0 Å². The highest BCUT2D eigenvalue weighted by Gasteiger charge is 2.33. The molecule has 0 radical (unpaired) electrons. The van der Waals surface area contributed by atoms with Crippen molar-refractivity contribution in [2.45, 2.75) is 39.2 Å². The van der Waals surface area contributed by atoms with E-state index in [1.165, 1.54) is 0 Å². The predicted molar refractivity (Wildman–Crippen MR) is 69.4 cm³/mol. The van der Waals surface area contributed by atoms with Crippen molar-refractivity contribution < 1.29 is 9.59 Å². The van der Waals surface area contributed by atoms with Crippen molar-refractivity contribution in [3.63, 3.8) is 0 Å². The molecule has 96 valence electrons. The number of hydrogen-bond acceptors (Lipinski definition) is 4. The van der Waals surface area contributed by atoms with Crippen LogP contribution in [0.15, 0.2) is 18.3 Å². The van der Waals surface area contributed by atoms with Crippen LogP contribution in [0.5, 0.6) is 0 Å². The van der Waals surface area contributed by atoms with Crippen molar-refractivity contribution in [3.05, 3.63) is 24.0 Å². The number of aryl methyl sites for hydroxylation is 1. The van der Waals surface area contributed by atoms with E-state index in [0.717, 1.165) is 17.8 Å². The van der Waals surface area contributed by atoms with Crippen LogP contribution in [0, 0.1) is 5.92 Å². The number of aromatic nitrogens is 1. The van der Waals surface area contributed by atoms with Gasteiger partial charge in [0.1, 0.15) is 5.78 Å².